The van der Waals surface area contributed by atoms with Gasteiger partial charge in [0.15, 0.2) is 0 Å². The Morgan fingerprint density at radius 2 is 1.72 bits per heavy atom. The molecule has 1 aromatic heterocycles. The van der Waals surface area contributed by atoms with Crippen LogP contribution in [0.2, 0.25) is 0 Å². The zero-order valence-corrected chi connectivity index (χ0v) is 19.7. The van der Waals surface area contributed by atoms with E-state index in [9.17, 15) is 14.4 Å². The number of ether oxygens (including phenoxy) is 1. The zero-order chi connectivity index (χ0) is 25.2. The van der Waals surface area contributed by atoms with Crippen LogP contribution in [-0.4, -0.2) is 41.6 Å². The second kappa shape index (κ2) is 9.58. The average molecular weight is 484 g/mol. The fourth-order valence-electron chi connectivity index (χ4n) is 4.97. The molecular weight excluding hydrogens is 458 g/mol. The van der Waals surface area contributed by atoms with Gasteiger partial charge in [-0.3, -0.25) is 9.59 Å². The second-order valence-corrected chi connectivity index (χ2v) is 9.09. The highest BCUT2D eigenvalue weighted by atomic mass is 16.5. The highest BCUT2D eigenvalue weighted by molar-refractivity contribution is 6.04. The van der Waals surface area contributed by atoms with Gasteiger partial charge in [0.05, 0.1) is 18.7 Å². The van der Waals surface area contributed by atoms with E-state index in [0.717, 1.165) is 17.9 Å². The van der Waals surface area contributed by atoms with E-state index in [4.69, 9.17) is 10.00 Å². The molecule has 2 N–H and O–H groups in total. The first kappa shape index (κ1) is 23.2. The number of urea groups is 1. The molecule has 36 heavy (non-hydrogen) atoms. The summed E-state index contributed by atoms with van der Waals surface area (Å²) < 4.78 is 6.89. The number of pyridine rings is 1. The minimum absolute atomic E-state index is 0.0371. The van der Waals surface area contributed by atoms with Gasteiger partial charge in [0.25, 0.3) is 11.5 Å². The van der Waals surface area contributed by atoms with Crippen molar-refractivity contribution in [1.82, 2.24) is 9.47 Å². The number of likely N-dealkylation sites (tertiary alicyclic amines) is 1. The monoisotopic (exact) mass is 483 g/mol. The summed E-state index contributed by atoms with van der Waals surface area (Å²) in [7, 11) is 1.59. The molecule has 182 valence electrons. The largest absolute Gasteiger partial charge is 0.497 e. The Labute approximate surface area is 207 Å². The van der Waals surface area contributed by atoms with Crippen molar-refractivity contribution in [2.24, 2.45) is 5.92 Å². The summed E-state index contributed by atoms with van der Waals surface area (Å²) in [6, 6.07) is 18.7. The predicted molar refractivity (Wildman–Crippen MR) is 134 cm³/mol. The molecule has 3 heterocycles. The number of aromatic nitrogens is 1. The van der Waals surface area contributed by atoms with Gasteiger partial charge in [-0.2, -0.15) is 5.26 Å². The maximum absolute atomic E-state index is 13.2. The van der Waals surface area contributed by atoms with Gasteiger partial charge in [0.2, 0.25) is 0 Å². The van der Waals surface area contributed by atoms with Crippen LogP contribution < -0.4 is 20.9 Å². The normalized spacial score (nSPS) is 17.9. The first-order valence-corrected chi connectivity index (χ1v) is 11.7. The topological polar surface area (TPSA) is 116 Å². The number of methoxy groups -OCH3 is 1. The number of nitriles is 1. The van der Waals surface area contributed by atoms with Crippen molar-refractivity contribution in [2.75, 3.05) is 30.8 Å². The first-order valence-electron chi connectivity index (χ1n) is 11.7. The van der Waals surface area contributed by atoms with Crippen LogP contribution in [0.3, 0.4) is 0 Å². The zero-order valence-electron chi connectivity index (χ0n) is 19.7. The van der Waals surface area contributed by atoms with Crippen molar-refractivity contribution in [3.8, 4) is 11.8 Å². The van der Waals surface area contributed by atoms with Crippen LogP contribution in [0.5, 0.6) is 5.75 Å². The summed E-state index contributed by atoms with van der Waals surface area (Å²) in [5, 5.41) is 14.6. The van der Waals surface area contributed by atoms with Gasteiger partial charge in [0, 0.05) is 42.5 Å². The van der Waals surface area contributed by atoms with Crippen molar-refractivity contribution in [3.63, 3.8) is 0 Å². The van der Waals surface area contributed by atoms with E-state index in [1.807, 2.05) is 12.1 Å². The van der Waals surface area contributed by atoms with Gasteiger partial charge >= 0.3 is 6.03 Å². The molecule has 3 amide bonds. The van der Waals surface area contributed by atoms with Gasteiger partial charge < -0.3 is 24.8 Å². The summed E-state index contributed by atoms with van der Waals surface area (Å²) in [5.74, 6) is 0.486. The number of amides is 3. The molecular formula is C27H25N5O4. The molecule has 2 atom stereocenters. The molecule has 0 spiro atoms. The van der Waals surface area contributed by atoms with Crippen LogP contribution in [0.1, 0.15) is 34.0 Å². The van der Waals surface area contributed by atoms with E-state index in [1.165, 1.54) is 0 Å². The lowest BCUT2D eigenvalue weighted by Gasteiger charge is -2.42. The summed E-state index contributed by atoms with van der Waals surface area (Å²) >= 11 is 0. The number of nitrogens with zero attached hydrogens (tertiary/aromatic N) is 3. The van der Waals surface area contributed by atoms with E-state index >= 15 is 0 Å². The molecule has 2 bridgehead atoms. The molecule has 2 aromatic carbocycles. The molecule has 2 unspecified atom stereocenters. The van der Waals surface area contributed by atoms with Crippen LogP contribution in [0, 0.1) is 17.2 Å². The van der Waals surface area contributed by atoms with Crippen LogP contribution in [0.25, 0.3) is 0 Å². The number of piperidine rings is 1. The van der Waals surface area contributed by atoms with E-state index in [-0.39, 0.29) is 29.1 Å². The number of hydrogen-bond donors (Lipinski definition) is 2. The van der Waals surface area contributed by atoms with Crippen LogP contribution in [-0.2, 0) is 6.54 Å². The molecule has 1 fully saturated rings. The van der Waals surface area contributed by atoms with E-state index < -0.39 is 5.91 Å². The standard InChI is InChI=1S/C27H25N5O4/c1-36-22-8-6-21(7-9-22)29-27(35)31-14-18-12-20(16-31)24-11-10-23(26(34)32(24)15-18)30-25(33)19-4-2-17(13-28)3-5-19/h2-11,18,20H,12,14-16H2,1H3,(H,29,35)(H,30,33). The second-order valence-electron chi connectivity index (χ2n) is 9.09. The number of fused-ring (bicyclic) bond motifs is 4. The molecule has 0 aliphatic carbocycles. The average Bonchev–Trinajstić information content (AvgIpc) is 2.91. The maximum Gasteiger partial charge on any atom is 0.321 e. The molecule has 2 aliphatic heterocycles. The fourth-order valence-corrected chi connectivity index (χ4v) is 4.97. The Morgan fingerprint density at radius 3 is 2.42 bits per heavy atom. The van der Waals surface area contributed by atoms with Gasteiger partial charge in [0.1, 0.15) is 11.4 Å². The highest BCUT2D eigenvalue weighted by Gasteiger charge is 2.36. The van der Waals surface area contributed by atoms with Gasteiger partial charge in [-0.15, -0.1) is 0 Å². The van der Waals surface area contributed by atoms with Crippen molar-refractivity contribution < 1.29 is 14.3 Å². The lowest BCUT2D eigenvalue weighted by atomic mass is 9.83. The summed E-state index contributed by atoms with van der Waals surface area (Å²) in [5.41, 5.74) is 2.35. The van der Waals surface area contributed by atoms with E-state index in [1.54, 1.807) is 71.2 Å². The van der Waals surface area contributed by atoms with Crippen LogP contribution in [0.15, 0.2) is 65.5 Å². The number of hydrogen-bond acceptors (Lipinski definition) is 5. The molecule has 0 radical (unpaired) electrons. The number of carbonyl (C=O) groups is 2. The van der Waals surface area contributed by atoms with Crippen molar-refractivity contribution >= 4 is 23.3 Å². The third-order valence-corrected chi connectivity index (χ3v) is 6.76. The molecule has 2 aliphatic rings. The Morgan fingerprint density at radius 1 is 0.972 bits per heavy atom. The summed E-state index contributed by atoms with van der Waals surface area (Å²) in [6.07, 6.45) is 0.905. The smallest absolute Gasteiger partial charge is 0.321 e. The number of nitrogens with one attached hydrogen (secondary N) is 2. The van der Waals surface area contributed by atoms with E-state index in [2.05, 4.69) is 10.6 Å². The lowest BCUT2D eigenvalue weighted by Crippen LogP contribution is -2.50. The molecule has 0 saturated carbocycles. The number of carbonyl (C=O) groups excluding carboxylic acids is 2. The third kappa shape index (κ3) is 4.53. The van der Waals surface area contributed by atoms with E-state index in [0.29, 0.717) is 36.4 Å². The number of rotatable bonds is 4. The highest BCUT2D eigenvalue weighted by Crippen LogP contribution is 2.35. The SMILES string of the molecule is COc1ccc(NC(=O)N2CC3CC(C2)c2ccc(NC(=O)c4ccc(C#N)cc4)c(=O)n2C3)cc1. The Hall–Kier alpha value is -4.58. The first-order chi connectivity index (χ1) is 17.4. The minimum atomic E-state index is -0.408. The number of anilines is 2. The maximum atomic E-state index is 13.2. The summed E-state index contributed by atoms with van der Waals surface area (Å²) in [6.45, 7) is 1.54. The van der Waals surface area contributed by atoms with Gasteiger partial charge in [-0.1, -0.05) is 0 Å². The third-order valence-electron chi connectivity index (χ3n) is 6.76. The van der Waals surface area contributed by atoms with Crippen molar-refractivity contribution in [3.05, 3.63) is 87.8 Å². The molecule has 9 heteroatoms. The van der Waals surface area contributed by atoms with Crippen molar-refractivity contribution in [2.45, 2.75) is 18.9 Å². The summed E-state index contributed by atoms with van der Waals surface area (Å²) in [4.78, 5) is 40.6. The molecule has 5 rings (SSSR count). The van der Waals surface area contributed by atoms with Gasteiger partial charge in [-0.05, 0) is 73.0 Å². The quantitative estimate of drug-likeness (QED) is 0.588. The number of benzene rings is 2. The predicted octanol–water partition coefficient (Wildman–Crippen LogP) is 3.63. The Bertz CT molecular complexity index is 1410. The van der Waals surface area contributed by atoms with Crippen LogP contribution >= 0.6 is 0 Å². The molecule has 3 aromatic rings. The van der Waals surface area contributed by atoms with Gasteiger partial charge in [-0.25, -0.2) is 4.79 Å². The lowest BCUT2D eigenvalue weighted by molar-refractivity contribution is 0.102. The molecule has 9 nitrogen and oxygen atoms in total. The Kier molecular flexibility index (Phi) is 6.17. The van der Waals surface area contributed by atoms with Crippen molar-refractivity contribution in [1.29, 1.82) is 5.26 Å². The minimum Gasteiger partial charge on any atom is -0.497 e. The fraction of sp³-hybridized carbons (Fsp3) is 0.259. The molecule has 1 saturated heterocycles. The van der Waals surface area contributed by atoms with Crippen LogP contribution in [0.4, 0.5) is 16.2 Å². The Balaban J connectivity index is 1.30.